The third-order valence-electron chi connectivity index (χ3n) is 4.94. The van der Waals surface area contributed by atoms with Crippen molar-refractivity contribution in [2.45, 2.75) is 12.8 Å². The van der Waals surface area contributed by atoms with Crippen LogP contribution >= 0.6 is 0 Å². The maximum Gasteiger partial charge on any atom is 0.262 e. The molecule has 0 fully saturated rings. The molecule has 4 rings (SSSR count). The fraction of sp³-hybridized carbons (Fsp3) is 0.227. The highest BCUT2D eigenvalue weighted by Gasteiger charge is 2.24. The molecule has 3 aromatic rings. The van der Waals surface area contributed by atoms with Crippen molar-refractivity contribution >= 4 is 38.1 Å². The van der Waals surface area contributed by atoms with Crippen molar-refractivity contribution in [3.63, 3.8) is 0 Å². The highest BCUT2D eigenvalue weighted by Crippen LogP contribution is 2.31. The van der Waals surface area contributed by atoms with Crippen LogP contribution in [0.5, 0.6) is 5.75 Å². The molecule has 1 aliphatic rings. The van der Waals surface area contributed by atoms with Crippen molar-refractivity contribution in [2.75, 3.05) is 29.0 Å². The number of nitrogens with zero attached hydrogens (tertiary/aromatic N) is 1. The monoisotopic (exact) mass is 410 g/mol. The van der Waals surface area contributed by atoms with Gasteiger partial charge in [-0.3, -0.25) is 9.10 Å². The summed E-state index contributed by atoms with van der Waals surface area (Å²) in [5.41, 5.74) is 2.14. The Morgan fingerprint density at radius 1 is 1.07 bits per heavy atom. The van der Waals surface area contributed by atoms with E-state index in [9.17, 15) is 13.2 Å². The summed E-state index contributed by atoms with van der Waals surface area (Å²) in [5.74, 6) is 0.312. The zero-order chi connectivity index (χ0) is 20.4. The molecule has 1 heterocycles. The first-order chi connectivity index (χ1) is 13.9. The van der Waals surface area contributed by atoms with Crippen molar-refractivity contribution in [3.8, 4) is 5.75 Å². The van der Waals surface area contributed by atoms with Crippen LogP contribution in [0.3, 0.4) is 0 Å². The summed E-state index contributed by atoms with van der Waals surface area (Å²) in [4.78, 5) is 12.3. The van der Waals surface area contributed by atoms with E-state index in [1.165, 1.54) is 10.6 Å². The summed E-state index contributed by atoms with van der Waals surface area (Å²) in [7, 11) is -3.35. The lowest BCUT2D eigenvalue weighted by Gasteiger charge is -2.29. The Labute approximate surface area is 170 Å². The van der Waals surface area contributed by atoms with Gasteiger partial charge in [-0.2, -0.15) is 0 Å². The van der Waals surface area contributed by atoms with Crippen molar-refractivity contribution in [1.29, 1.82) is 0 Å². The number of nitrogens with one attached hydrogen (secondary N) is 1. The number of carbonyl (C=O) groups is 1. The predicted octanol–water partition coefficient (Wildman–Crippen LogP) is 3.57. The maximum absolute atomic E-state index is 12.3. The largest absolute Gasteiger partial charge is 0.484 e. The molecule has 0 aliphatic carbocycles. The van der Waals surface area contributed by atoms with Gasteiger partial charge in [0.2, 0.25) is 10.0 Å². The van der Waals surface area contributed by atoms with Crippen LogP contribution < -0.4 is 14.4 Å². The fourth-order valence-electron chi connectivity index (χ4n) is 3.57. The summed E-state index contributed by atoms with van der Waals surface area (Å²) in [6.07, 6.45) is 2.80. The van der Waals surface area contributed by atoms with Gasteiger partial charge in [0.05, 0.1) is 11.9 Å². The number of benzene rings is 3. The lowest BCUT2D eigenvalue weighted by Crippen LogP contribution is -2.34. The van der Waals surface area contributed by atoms with Crippen LogP contribution in [0.1, 0.15) is 12.0 Å². The molecular weight excluding hydrogens is 388 g/mol. The fourth-order valence-corrected chi connectivity index (χ4v) is 4.55. The lowest BCUT2D eigenvalue weighted by molar-refractivity contribution is -0.118. The molecule has 0 unspecified atom stereocenters. The standard InChI is InChI=1S/C22H22N2O4S/c1-29(26,27)24-12-4-7-17-8-10-19(14-21(17)24)23-22(25)15-28-20-11-9-16-5-2-3-6-18(16)13-20/h2-3,5-6,8-11,13-14H,4,7,12,15H2,1H3,(H,23,25). The first-order valence-electron chi connectivity index (χ1n) is 9.42. The highest BCUT2D eigenvalue weighted by molar-refractivity contribution is 7.92. The van der Waals surface area contributed by atoms with Crippen LogP contribution in [0.25, 0.3) is 10.8 Å². The van der Waals surface area contributed by atoms with Crippen LogP contribution in [0.2, 0.25) is 0 Å². The number of hydrogen-bond acceptors (Lipinski definition) is 4. The Bertz CT molecular complexity index is 1170. The lowest BCUT2D eigenvalue weighted by atomic mass is 10.0. The number of rotatable bonds is 5. The predicted molar refractivity (Wildman–Crippen MR) is 115 cm³/mol. The zero-order valence-electron chi connectivity index (χ0n) is 16.1. The van der Waals surface area contributed by atoms with E-state index in [1.807, 2.05) is 48.5 Å². The molecule has 0 saturated heterocycles. The average Bonchev–Trinajstić information content (AvgIpc) is 2.71. The molecule has 1 N–H and O–H groups in total. The summed E-state index contributed by atoms with van der Waals surface area (Å²) < 4.78 is 31.1. The van der Waals surface area contributed by atoms with Crippen molar-refractivity contribution in [2.24, 2.45) is 0 Å². The number of sulfonamides is 1. The Morgan fingerprint density at radius 2 is 1.86 bits per heavy atom. The summed E-state index contributed by atoms with van der Waals surface area (Å²) in [5, 5.41) is 4.93. The van der Waals surface area contributed by atoms with Crippen LogP contribution in [0, 0.1) is 0 Å². The molecule has 7 heteroatoms. The third kappa shape index (κ3) is 4.35. The highest BCUT2D eigenvalue weighted by atomic mass is 32.2. The van der Waals surface area contributed by atoms with Crippen molar-refractivity contribution < 1.29 is 17.9 Å². The van der Waals surface area contributed by atoms with E-state index in [4.69, 9.17) is 4.74 Å². The van der Waals surface area contributed by atoms with Crippen LogP contribution in [-0.4, -0.2) is 33.7 Å². The molecule has 0 saturated carbocycles. The minimum absolute atomic E-state index is 0.134. The van der Waals surface area contributed by atoms with Gasteiger partial charge in [0.25, 0.3) is 5.91 Å². The van der Waals surface area contributed by atoms with Gasteiger partial charge in [-0.1, -0.05) is 36.4 Å². The number of hydrogen-bond donors (Lipinski definition) is 1. The number of fused-ring (bicyclic) bond motifs is 2. The number of aryl methyl sites for hydroxylation is 1. The maximum atomic E-state index is 12.3. The Kier molecular flexibility index (Phi) is 5.15. The molecule has 29 heavy (non-hydrogen) atoms. The minimum atomic E-state index is -3.35. The van der Waals surface area contributed by atoms with Gasteiger partial charge < -0.3 is 10.1 Å². The zero-order valence-corrected chi connectivity index (χ0v) is 16.9. The van der Waals surface area contributed by atoms with Crippen LogP contribution in [0.4, 0.5) is 11.4 Å². The van der Waals surface area contributed by atoms with Gasteiger partial charge in [0.1, 0.15) is 5.75 Å². The summed E-state index contributed by atoms with van der Waals surface area (Å²) in [6, 6.07) is 19.0. The van der Waals surface area contributed by atoms with Gasteiger partial charge in [0.15, 0.2) is 6.61 Å². The van der Waals surface area contributed by atoms with Gasteiger partial charge in [-0.15, -0.1) is 0 Å². The molecule has 0 radical (unpaired) electrons. The van der Waals surface area contributed by atoms with Gasteiger partial charge in [-0.05, 0) is 53.4 Å². The van der Waals surface area contributed by atoms with Crippen LogP contribution in [-0.2, 0) is 21.2 Å². The van der Waals surface area contributed by atoms with E-state index in [-0.39, 0.29) is 12.5 Å². The second-order valence-electron chi connectivity index (χ2n) is 7.13. The molecule has 0 atom stereocenters. The van der Waals surface area contributed by atoms with E-state index < -0.39 is 10.0 Å². The average molecular weight is 410 g/mol. The first kappa shape index (κ1) is 19.3. The SMILES string of the molecule is CS(=O)(=O)N1CCCc2ccc(NC(=O)COc3ccc4ccccc4c3)cc21. The quantitative estimate of drug-likeness (QED) is 0.698. The number of ether oxygens (including phenoxy) is 1. The van der Waals surface area contributed by atoms with Crippen molar-refractivity contribution in [3.05, 3.63) is 66.2 Å². The second kappa shape index (κ2) is 7.75. The van der Waals surface area contributed by atoms with Crippen molar-refractivity contribution in [1.82, 2.24) is 0 Å². The van der Waals surface area contributed by atoms with E-state index in [1.54, 1.807) is 12.1 Å². The minimum Gasteiger partial charge on any atom is -0.484 e. The molecule has 0 bridgehead atoms. The number of carbonyl (C=O) groups excluding carboxylic acids is 1. The van der Waals surface area contributed by atoms with Gasteiger partial charge in [0, 0.05) is 12.2 Å². The van der Waals surface area contributed by atoms with Gasteiger partial charge >= 0.3 is 0 Å². The number of anilines is 2. The molecular formula is C22H22N2O4S. The first-order valence-corrected chi connectivity index (χ1v) is 11.3. The molecule has 1 aliphatic heterocycles. The van der Waals surface area contributed by atoms with E-state index in [0.717, 1.165) is 29.2 Å². The Balaban J connectivity index is 1.44. The molecule has 0 aromatic heterocycles. The van der Waals surface area contributed by atoms with E-state index in [0.29, 0.717) is 23.7 Å². The number of amides is 1. The molecule has 150 valence electrons. The Hall–Kier alpha value is -3.06. The smallest absolute Gasteiger partial charge is 0.262 e. The molecule has 0 spiro atoms. The summed E-state index contributed by atoms with van der Waals surface area (Å²) >= 11 is 0. The van der Waals surface area contributed by atoms with E-state index >= 15 is 0 Å². The van der Waals surface area contributed by atoms with E-state index in [2.05, 4.69) is 5.32 Å². The molecule has 6 nitrogen and oxygen atoms in total. The topological polar surface area (TPSA) is 75.7 Å². The normalized spacial score (nSPS) is 13.8. The third-order valence-corrected chi connectivity index (χ3v) is 6.12. The second-order valence-corrected chi connectivity index (χ2v) is 9.03. The van der Waals surface area contributed by atoms with Gasteiger partial charge in [-0.25, -0.2) is 8.42 Å². The molecule has 3 aromatic carbocycles. The molecule has 1 amide bonds. The summed E-state index contributed by atoms with van der Waals surface area (Å²) in [6.45, 7) is 0.319. The Morgan fingerprint density at radius 3 is 2.66 bits per heavy atom. The van der Waals surface area contributed by atoms with Crippen LogP contribution in [0.15, 0.2) is 60.7 Å².